The van der Waals surface area contributed by atoms with Crippen molar-refractivity contribution in [2.75, 3.05) is 9.80 Å². The minimum absolute atomic E-state index is 0.0569. The van der Waals surface area contributed by atoms with Crippen molar-refractivity contribution in [3.05, 3.63) is 349 Å². The Balaban J connectivity index is 1.02. The van der Waals surface area contributed by atoms with Crippen molar-refractivity contribution in [1.29, 1.82) is 0 Å². The van der Waals surface area contributed by atoms with Gasteiger partial charge in [-0.25, -0.2) is 0 Å². The first-order valence-corrected chi connectivity index (χ1v) is 33.0. The van der Waals surface area contributed by atoms with Crippen LogP contribution in [0.1, 0.15) is 74.9 Å². The smallest absolute Gasteiger partial charge is 0.145 e. The van der Waals surface area contributed by atoms with E-state index in [-0.39, 0.29) is 10.8 Å². The minimum atomic E-state index is -0.846. The first-order valence-electron chi connectivity index (χ1n) is 33.0. The van der Waals surface area contributed by atoms with Gasteiger partial charge in [0.1, 0.15) is 11.2 Å². The van der Waals surface area contributed by atoms with Gasteiger partial charge in [-0.3, -0.25) is 0 Å². The molecule has 1 spiro atoms. The number of fused-ring (bicyclic) bond motifs is 16. The monoisotopic (exact) mass is 1210 g/mol. The van der Waals surface area contributed by atoms with Crippen LogP contribution in [0.15, 0.2) is 320 Å². The van der Waals surface area contributed by atoms with Gasteiger partial charge >= 0.3 is 0 Å². The van der Waals surface area contributed by atoms with Gasteiger partial charge in [0.15, 0.2) is 0 Å². The number of nitrogens with zero attached hydrogens (tertiary/aromatic N) is 2. The maximum atomic E-state index is 7.73. The van der Waals surface area contributed by atoms with E-state index in [0.29, 0.717) is 0 Å². The molecule has 0 aliphatic heterocycles. The fourth-order valence-electron chi connectivity index (χ4n) is 15.5. The molecule has 17 rings (SSSR count). The summed E-state index contributed by atoms with van der Waals surface area (Å²) >= 11 is 0. The lowest BCUT2D eigenvalue weighted by atomic mass is 9.70. The number of benzene rings is 14. The van der Waals surface area contributed by atoms with E-state index in [1.807, 2.05) is 0 Å². The Morgan fingerprint density at radius 3 is 1.16 bits per heavy atom. The van der Waals surface area contributed by atoms with E-state index in [1.54, 1.807) is 0 Å². The second-order valence-electron chi connectivity index (χ2n) is 27.5. The fourth-order valence-corrected chi connectivity index (χ4v) is 15.5. The van der Waals surface area contributed by atoms with E-state index >= 15 is 0 Å². The van der Waals surface area contributed by atoms with Crippen LogP contribution in [0, 0.1) is 0 Å². The van der Waals surface area contributed by atoms with E-state index < -0.39 is 5.41 Å². The zero-order valence-electron chi connectivity index (χ0n) is 53.8. The zero-order chi connectivity index (χ0) is 63.5. The van der Waals surface area contributed by atoms with Gasteiger partial charge in [-0.2, -0.15) is 0 Å². The first-order chi connectivity index (χ1) is 45.9. The molecule has 0 fully saturated rings. The van der Waals surface area contributed by atoms with E-state index in [2.05, 4.69) is 367 Å². The van der Waals surface area contributed by atoms with Crippen LogP contribution in [0.25, 0.3) is 99.5 Å². The van der Waals surface area contributed by atoms with Crippen molar-refractivity contribution >= 4 is 66.8 Å². The molecule has 0 saturated carbocycles. The molecule has 0 saturated heterocycles. The summed E-state index contributed by atoms with van der Waals surface area (Å²) in [6.45, 7) is 13.8. The SMILES string of the molecule is CC(C)(C)c1ccc(N(c2ccc(-c3ccccc3)cc2-c2ccccc2)c2cc3c(c4ccccc24)-c2c(cc(N(c4ccc(C(C)(C)C)cc4)c4ccc(-c5ccccc5)cc4-c4ccccc4)c4c2oc2ccccc24)C32c3ccccc3-c3ccccc32)cc1. The molecular formula is C91H70N2O. The fraction of sp³-hybridized carbons (Fsp3) is 0.0989. The summed E-state index contributed by atoms with van der Waals surface area (Å²) in [5.74, 6) is 0. The number of hydrogen-bond acceptors (Lipinski definition) is 3. The van der Waals surface area contributed by atoms with E-state index in [9.17, 15) is 0 Å². The largest absolute Gasteiger partial charge is 0.455 e. The standard InChI is InChI=1S/C91H70N2O/c1-89(2,3)65-45-49-67(50-46-65)92(80-53-43-63(59-27-11-7-12-28-59)55-74(80)61-31-15-9-16-32-61)82-57-78-85(72-38-20-19-37-71(72)82)87-79(91(78)76-40-24-21-35-69(76)70-36-22-25-41-77(70)91)58-83(86-73-39-23-26-42-84(73)94-88(86)87)93(68-51-47-66(48-52-68)90(4,5)6)81-54-44-64(60-29-13-8-14-30-60)56-75(81)62-33-17-10-18-34-62/h7-58H,1-6H3. The molecule has 3 heteroatoms. The summed E-state index contributed by atoms with van der Waals surface area (Å²) in [6.07, 6.45) is 0. The molecule has 1 heterocycles. The summed E-state index contributed by atoms with van der Waals surface area (Å²) in [6, 6.07) is 118. The molecule has 2 aliphatic carbocycles. The molecule has 0 amide bonds. The van der Waals surface area contributed by atoms with Gasteiger partial charge in [-0.15, -0.1) is 0 Å². The number of rotatable bonds is 10. The van der Waals surface area contributed by atoms with Crippen molar-refractivity contribution in [1.82, 2.24) is 0 Å². The molecule has 0 radical (unpaired) electrons. The van der Waals surface area contributed by atoms with Gasteiger partial charge in [0.05, 0.1) is 33.6 Å². The summed E-state index contributed by atoms with van der Waals surface area (Å²) < 4.78 is 7.73. The quantitative estimate of drug-likeness (QED) is 0.136. The van der Waals surface area contributed by atoms with Crippen LogP contribution in [0.4, 0.5) is 34.1 Å². The molecule has 15 aromatic rings. The maximum absolute atomic E-state index is 7.73. The van der Waals surface area contributed by atoms with Gasteiger partial charge in [-0.05, 0) is 166 Å². The Hall–Kier alpha value is -11.3. The van der Waals surface area contributed by atoms with Crippen LogP contribution in [-0.2, 0) is 16.2 Å². The molecule has 2 aliphatic rings. The Kier molecular flexibility index (Phi) is 13.3. The highest BCUT2D eigenvalue weighted by Gasteiger charge is 2.54. The summed E-state index contributed by atoms with van der Waals surface area (Å²) in [4.78, 5) is 5.11. The van der Waals surface area contributed by atoms with Crippen molar-refractivity contribution in [2.45, 2.75) is 57.8 Å². The van der Waals surface area contributed by atoms with Crippen LogP contribution in [0.5, 0.6) is 0 Å². The van der Waals surface area contributed by atoms with E-state index in [1.165, 1.54) is 61.2 Å². The molecule has 0 unspecified atom stereocenters. The third-order valence-corrected chi connectivity index (χ3v) is 20.0. The highest BCUT2D eigenvalue weighted by molar-refractivity contribution is 6.23. The molecule has 0 N–H and O–H groups in total. The van der Waals surface area contributed by atoms with E-state index in [0.717, 1.165) is 106 Å². The van der Waals surface area contributed by atoms with Crippen molar-refractivity contribution < 1.29 is 4.42 Å². The highest BCUT2D eigenvalue weighted by Crippen LogP contribution is 2.68. The second-order valence-corrected chi connectivity index (χ2v) is 27.5. The van der Waals surface area contributed by atoms with Crippen molar-refractivity contribution in [3.8, 4) is 66.8 Å². The molecular weight excluding hydrogens is 1140 g/mol. The Morgan fingerprint density at radius 2 is 0.670 bits per heavy atom. The number of hydrogen-bond donors (Lipinski definition) is 0. The average molecular weight is 1210 g/mol. The lowest BCUT2D eigenvalue weighted by molar-refractivity contribution is 0.590. The summed E-state index contributed by atoms with van der Waals surface area (Å²) in [5, 5.41) is 4.40. The second kappa shape index (κ2) is 22.0. The number of furan rings is 1. The lowest BCUT2D eigenvalue weighted by Crippen LogP contribution is -2.27. The normalized spacial score (nSPS) is 12.9. The molecule has 1 aromatic heterocycles. The van der Waals surface area contributed by atoms with Gasteiger partial charge in [0.25, 0.3) is 0 Å². The van der Waals surface area contributed by atoms with Crippen molar-refractivity contribution in [3.63, 3.8) is 0 Å². The topological polar surface area (TPSA) is 19.6 Å². The third-order valence-electron chi connectivity index (χ3n) is 20.0. The molecule has 3 nitrogen and oxygen atoms in total. The molecule has 450 valence electrons. The first kappa shape index (κ1) is 56.7. The number of para-hydroxylation sites is 1. The van der Waals surface area contributed by atoms with Gasteiger partial charge < -0.3 is 14.2 Å². The predicted molar refractivity (Wildman–Crippen MR) is 396 cm³/mol. The van der Waals surface area contributed by atoms with Crippen LogP contribution in [-0.4, -0.2) is 0 Å². The highest BCUT2D eigenvalue weighted by atomic mass is 16.3. The summed E-state index contributed by atoms with van der Waals surface area (Å²) in [5.41, 5.74) is 28.5. The Labute approximate surface area is 551 Å². The van der Waals surface area contributed by atoms with Crippen molar-refractivity contribution in [2.24, 2.45) is 0 Å². The van der Waals surface area contributed by atoms with Crippen LogP contribution < -0.4 is 9.80 Å². The average Bonchev–Trinajstić information content (AvgIpc) is 1.49. The van der Waals surface area contributed by atoms with Crippen LogP contribution in [0.2, 0.25) is 0 Å². The van der Waals surface area contributed by atoms with Gasteiger partial charge in [-0.1, -0.05) is 290 Å². The predicted octanol–water partition coefficient (Wildman–Crippen LogP) is 25.3. The molecule has 0 bridgehead atoms. The van der Waals surface area contributed by atoms with Crippen LogP contribution in [0.3, 0.4) is 0 Å². The molecule has 0 atom stereocenters. The van der Waals surface area contributed by atoms with Gasteiger partial charge in [0.2, 0.25) is 0 Å². The lowest BCUT2D eigenvalue weighted by Gasteiger charge is -2.35. The summed E-state index contributed by atoms with van der Waals surface area (Å²) in [7, 11) is 0. The maximum Gasteiger partial charge on any atom is 0.145 e. The Bertz CT molecular complexity index is 5380. The number of anilines is 6. The third kappa shape index (κ3) is 9.01. The van der Waals surface area contributed by atoms with Gasteiger partial charge in [0, 0.05) is 38.8 Å². The molecule has 14 aromatic carbocycles. The Morgan fingerprint density at radius 1 is 0.277 bits per heavy atom. The molecule has 94 heavy (non-hydrogen) atoms. The van der Waals surface area contributed by atoms with Crippen LogP contribution >= 0.6 is 0 Å². The minimum Gasteiger partial charge on any atom is -0.455 e. The zero-order valence-corrected chi connectivity index (χ0v) is 53.8. The van der Waals surface area contributed by atoms with E-state index in [4.69, 9.17) is 4.42 Å².